The average molecular weight is 258 g/mol. The summed E-state index contributed by atoms with van der Waals surface area (Å²) in [7, 11) is 1.52. The minimum absolute atomic E-state index is 0.0985. The highest BCUT2D eigenvalue weighted by atomic mass is 16.5. The van der Waals surface area contributed by atoms with E-state index in [-0.39, 0.29) is 11.3 Å². The highest BCUT2D eigenvalue weighted by Crippen LogP contribution is 2.29. The summed E-state index contributed by atoms with van der Waals surface area (Å²) >= 11 is 0. The predicted octanol–water partition coefficient (Wildman–Crippen LogP) is 3.49. The number of rotatable bonds is 4. The van der Waals surface area contributed by atoms with E-state index in [2.05, 4.69) is 0 Å². The zero-order valence-corrected chi connectivity index (χ0v) is 10.7. The molecule has 19 heavy (non-hydrogen) atoms. The molecule has 0 unspecified atom stereocenters. The van der Waals surface area contributed by atoms with Crippen LogP contribution in [-0.2, 0) is 0 Å². The molecule has 1 N–H and O–H groups in total. The van der Waals surface area contributed by atoms with Gasteiger partial charge in [-0.15, -0.1) is 0 Å². The summed E-state index contributed by atoms with van der Waals surface area (Å²) in [6, 6.07) is 12.0. The predicted molar refractivity (Wildman–Crippen MR) is 71.2 cm³/mol. The number of aryl methyl sites for hydroxylation is 1. The maximum absolute atomic E-state index is 11.1. The Hall–Kier alpha value is -2.49. The molecule has 4 heteroatoms. The quantitative estimate of drug-likeness (QED) is 0.912. The Bertz CT molecular complexity index is 588. The first kappa shape index (κ1) is 13.0. The molecule has 2 aromatic rings. The largest absolute Gasteiger partial charge is 0.497 e. The lowest BCUT2D eigenvalue weighted by molar-refractivity contribution is 0.0694. The molecule has 0 aliphatic heterocycles. The van der Waals surface area contributed by atoms with Gasteiger partial charge in [0.2, 0.25) is 0 Å². The number of hydrogen-bond donors (Lipinski definition) is 1. The lowest BCUT2D eigenvalue weighted by Crippen LogP contribution is -2.00. The van der Waals surface area contributed by atoms with Gasteiger partial charge < -0.3 is 14.6 Å². The number of methoxy groups -OCH3 is 1. The topological polar surface area (TPSA) is 55.8 Å². The summed E-state index contributed by atoms with van der Waals surface area (Å²) < 4.78 is 10.7. The van der Waals surface area contributed by atoms with Crippen molar-refractivity contribution >= 4 is 5.97 Å². The molecule has 0 amide bonds. The molecule has 0 atom stereocenters. The summed E-state index contributed by atoms with van der Waals surface area (Å²) in [4.78, 5) is 11.1. The molecule has 0 aliphatic carbocycles. The van der Waals surface area contributed by atoms with Gasteiger partial charge in [0.25, 0.3) is 0 Å². The van der Waals surface area contributed by atoms with E-state index in [4.69, 9.17) is 14.6 Å². The minimum Gasteiger partial charge on any atom is -0.497 e. The molecular weight excluding hydrogens is 244 g/mol. The SMILES string of the molecule is COc1ccc(C(=O)O)c(Oc2ccc(C)cc2)c1. The van der Waals surface area contributed by atoms with Crippen molar-refractivity contribution in [2.24, 2.45) is 0 Å². The van der Waals surface area contributed by atoms with Crippen molar-refractivity contribution in [3.63, 3.8) is 0 Å². The number of carboxylic acid groups (broad SMARTS) is 1. The highest BCUT2D eigenvalue weighted by molar-refractivity contribution is 5.91. The lowest BCUT2D eigenvalue weighted by atomic mass is 10.2. The molecule has 2 rings (SSSR count). The lowest BCUT2D eigenvalue weighted by Gasteiger charge is -2.10. The van der Waals surface area contributed by atoms with E-state index in [9.17, 15) is 4.79 Å². The minimum atomic E-state index is -1.04. The van der Waals surface area contributed by atoms with Crippen LogP contribution in [0.4, 0.5) is 0 Å². The number of carbonyl (C=O) groups is 1. The molecule has 98 valence electrons. The first-order valence-corrected chi connectivity index (χ1v) is 5.76. The van der Waals surface area contributed by atoms with Crippen molar-refractivity contribution in [2.45, 2.75) is 6.92 Å². The summed E-state index contributed by atoms with van der Waals surface area (Å²) in [6.45, 7) is 1.97. The van der Waals surface area contributed by atoms with Gasteiger partial charge in [-0.3, -0.25) is 0 Å². The Balaban J connectivity index is 2.36. The van der Waals surface area contributed by atoms with E-state index in [0.717, 1.165) is 5.56 Å². The van der Waals surface area contributed by atoms with E-state index in [1.807, 2.05) is 19.1 Å². The number of ether oxygens (including phenoxy) is 2. The van der Waals surface area contributed by atoms with Gasteiger partial charge in [-0.25, -0.2) is 4.79 Å². The summed E-state index contributed by atoms with van der Waals surface area (Å²) in [6.07, 6.45) is 0. The molecule has 2 aromatic carbocycles. The van der Waals surface area contributed by atoms with Crippen LogP contribution in [0.15, 0.2) is 42.5 Å². The van der Waals surface area contributed by atoms with Crippen LogP contribution in [0.1, 0.15) is 15.9 Å². The second kappa shape index (κ2) is 5.44. The van der Waals surface area contributed by atoms with Gasteiger partial charge in [-0.2, -0.15) is 0 Å². The van der Waals surface area contributed by atoms with Crippen LogP contribution in [0.3, 0.4) is 0 Å². The van der Waals surface area contributed by atoms with Crippen LogP contribution >= 0.6 is 0 Å². The molecule has 0 spiro atoms. The highest BCUT2D eigenvalue weighted by Gasteiger charge is 2.13. The van der Waals surface area contributed by atoms with Gasteiger partial charge in [0.05, 0.1) is 7.11 Å². The van der Waals surface area contributed by atoms with Crippen LogP contribution < -0.4 is 9.47 Å². The first-order valence-electron chi connectivity index (χ1n) is 5.76. The fraction of sp³-hybridized carbons (Fsp3) is 0.133. The van der Waals surface area contributed by atoms with Crippen molar-refractivity contribution in [2.75, 3.05) is 7.11 Å². The van der Waals surface area contributed by atoms with E-state index >= 15 is 0 Å². The number of benzene rings is 2. The smallest absolute Gasteiger partial charge is 0.339 e. The van der Waals surface area contributed by atoms with E-state index in [0.29, 0.717) is 11.5 Å². The Labute approximate surface area is 111 Å². The monoisotopic (exact) mass is 258 g/mol. The molecular formula is C15H14O4. The molecule has 0 aliphatic rings. The third-order valence-corrected chi connectivity index (χ3v) is 2.67. The Morgan fingerprint density at radius 3 is 2.26 bits per heavy atom. The summed E-state index contributed by atoms with van der Waals surface area (Å²) in [5, 5.41) is 9.13. The van der Waals surface area contributed by atoms with Crippen LogP contribution in [0.2, 0.25) is 0 Å². The molecule has 0 aromatic heterocycles. The van der Waals surface area contributed by atoms with Crippen molar-refractivity contribution in [1.82, 2.24) is 0 Å². The third-order valence-electron chi connectivity index (χ3n) is 2.67. The Morgan fingerprint density at radius 1 is 1.05 bits per heavy atom. The molecule has 0 heterocycles. The zero-order valence-electron chi connectivity index (χ0n) is 10.7. The van der Waals surface area contributed by atoms with Crippen LogP contribution in [0, 0.1) is 6.92 Å². The average Bonchev–Trinajstić information content (AvgIpc) is 2.41. The fourth-order valence-electron chi connectivity index (χ4n) is 1.62. The standard InChI is InChI=1S/C15H14O4/c1-10-3-5-11(6-4-10)19-14-9-12(18-2)7-8-13(14)15(16)17/h3-9H,1-2H3,(H,16,17). The number of hydrogen-bond acceptors (Lipinski definition) is 3. The summed E-state index contributed by atoms with van der Waals surface area (Å²) in [5.74, 6) is 0.355. The normalized spacial score (nSPS) is 10.0. The van der Waals surface area contributed by atoms with Crippen LogP contribution in [0.5, 0.6) is 17.2 Å². The Kier molecular flexibility index (Phi) is 3.71. The molecule has 0 radical (unpaired) electrons. The van der Waals surface area contributed by atoms with E-state index < -0.39 is 5.97 Å². The molecule has 0 bridgehead atoms. The van der Waals surface area contributed by atoms with Gasteiger partial charge in [0.15, 0.2) is 0 Å². The van der Waals surface area contributed by atoms with Gasteiger partial charge >= 0.3 is 5.97 Å². The van der Waals surface area contributed by atoms with Crippen LogP contribution in [-0.4, -0.2) is 18.2 Å². The number of aromatic carboxylic acids is 1. The number of carboxylic acids is 1. The third kappa shape index (κ3) is 3.04. The molecule has 0 fully saturated rings. The maximum atomic E-state index is 11.1. The molecule has 0 saturated carbocycles. The van der Waals surface area contributed by atoms with E-state index in [1.54, 1.807) is 24.3 Å². The van der Waals surface area contributed by atoms with Crippen molar-refractivity contribution in [1.29, 1.82) is 0 Å². The first-order chi connectivity index (χ1) is 9.10. The second-order valence-corrected chi connectivity index (χ2v) is 4.08. The van der Waals surface area contributed by atoms with Gasteiger partial charge in [0.1, 0.15) is 22.8 Å². The van der Waals surface area contributed by atoms with Crippen molar-refractivity contribution in [3.05, 3.63) is 53.6 Å². The fourth-order valence-corrected chi connectivity index (χ4v) is 1.62. The molecule has 4 nitrogen and oxygen atoms in total. The maximum Gasteiger partial charge on any atom is 0.339 e. The van der Waals surface area contributed by atoms with Crippen molar-refractivity contribution in [3.8, 4) is 17.2 Å². The summed E-state index contributed by atoms with van der Waals surface area (Å²) in [5.41, 5.74) is 1.21. The zero-order chi connectivity index (χ0) is 13.8. The van der Waals surface area contributed by atoms with Gasteiger partial charge in [-0.1, -0.05) is 17.7 Å². The van der Waals surface area contributed by atoms with Gasteiger partial charge in [-0.05, 0) is 31.2 Å². The van der Waals surface area contributed by atoms with Gasteiger partial charge in [0, 0.05) is 6.07 Å². The van der Waals surface area contributed by atoms with E-state index in [1.165, 1.54) is 13.2 Å². The molecule has 0 saturated heterocycles. The van der Waals surface area contributed by atoms with Crippen molar-refractivity contribution < 1.29 is 19.4 Å². The second-order valence-electron chi connectivity index (χ2n) is 4.08. The Morgan fingerprint density at radius 2 is 1.68 bits per heavy atom. The van der Waals surface area contributed by atoms with Crippen LogP contribution in [0.25, 0.3) is 0 Å².